The fourth-order valence-corrected chi connectivity index (χ4v) is 9.63. The molecule has 0 bridgehead atoms. The first-order chi connectivity index (χ1) is 10.7. The Morgan fingerprint density at radius 1 is 0.455 bits per heavy atom. The molecule has 0 saturated heterocycles. The van der Waals surface area contributed by atoms with Crippen LogP contribution in [-0.4, -0.2) is 69.5 Å². The number of hydrogen-bond acceptors (Lipinski definition) is 3. The topological polar surface area (TPSA) is 9.72 Å². The molecule has 4 heteroatoms. The molecule has 0 aromatic carbocycles. The fourth-order valence-electron chi connectivity index (χ4n) is 2.09. The van der Waals surface area contributed by atoms with E-state index in [1.54, 1.807) is 0 Å². The van der Waals surface area contributed by atoms with E-state index in [2.05, 4.69) is 48.7 Å². The molecule has 122 valence electrons. The molecule has 0 amide bonds. The van der Waals surface area contributed by atoms with Gasteiger partial charge in [0.25, 0.3) is 0 Å². The number of nitrogens with zero attached hydrogens (tertiary/aromatic N) is 3. The van der Waals surface area contributed by atoms with Gasteiger partial charge in [-0.2, -0.15) is 0 Å². The Morgan fingerprint density at radius 3 is 0.773 bits per heavy atom. The first kappa shape index (κ1) is 21.1. The van der Waals surface area contributed by atoms with Gasteiger partial charge < -0.3 is 0 Å². The van der Waals surface area contributed by atoms with Crippen molar-refractivity contribution in [2.24, 2.45) is 0 Å². The molecule has 0 fully saturated rings. The van der Waals surface area contributed by atoms with E-state index in [0.29, 0.717) is 0 Å². The van der Waals surface area contributed by atoms with Crippen LogP contribution in [0.25, 0.3) is 0 Å². The van der Waals surface area contributed by atoms with Crippen molar-refractivity contribution in [3.05, 3.63) is 75.9 Å². The van der Waals surface area contributed by atoms with Crippen molar-refractivity contribution in [3.63, 3.8) is 0 Å². The molecule has 3 nitrogen and oxygen atoms in total. The Morgan fingerprint density at radius 2 is 0.636 bits per heavy atom. The molecular weight excluding hydrogens is 380 g/mol. The van der Waals surface area contributed by atoms with Gasteiger partial charge in [-0.1, -0.05) is 0 Å². The molecule has 0 aromatic heterocycles. The molecule has 0 radical (unpaired) electrons. The van der Waals surface area contributed by atoms with Gasteiger partial charge in [0.05, 0.1) is 0 Å². The molecule has 0 rings (SSSR count). The molecule has 0 aliphatic carbocycles. The molecule has 0 spiro atoms. The SMILES string of the molecule is C=CC[N](CC=C)[Sb]([N](CC=C)CC=C)[N](CC=C)CC=C. The molecule has 0 aliphatic heterocycles. The van der Waals surface area contributed by atoms with Crippen LogP contribution in [0.4, 0.5) is 0 Å². The Balaban J connectivity index is 5.61. The zero-order valence-corrected chi connectivity index (χ0v) is 16.3. The molecule has 0 N–H and O–H groups in total. The van der Waals surface area contributed by atoms with E-state index >= 15 is 0 Å². The summed E-state index contributed by atoms with van der Waals surface area (Å²) in [6.07, 6.45) is 11.8. The summed E-state index contributed by atoms with van der Waals surface area (Å²) < 4.78 is 7.47. The quantitative estimate of drug-likeness (QED) is 0.304. The van der Waals surface area contributed by atoms with E-state index in [9.17, 15) is 0 Å². The second-order valence-electron chi connectivity index (χ2n) is 4.62. The van der Waals surface area contributed by atoms with Gasteiger partial charge in [-0.05, 0) is 0 Å². The summed E-state index contributed by atoms with van der Waals surface area (Å²) in [6, 6.07) is 0. The summed E-state index contributed by atoms with van der Waals surface area (Å²) >= 11 is -2.15. The van der Waals surface area contributed by atoms with Gasteiger partial charge in [0, 0.05) is 0 Å². The second kappa shape index (κ2) is 13.8. The van der Waals surface area contributed by atoms with Gasteiger partial charge in [-0.3, -0.25) is 0 Å². The summed E-state index contributed by atoms with van der Waals surface area (Å²) in [6.45, 7) is 28.5. The summed E-state index contributed by atoms with van der Waals surface area (Å²) in [5.74, 6) is 0. The molecule has 0 saturated carbocycles. The van der Waals surface area contributed by atoms with Gasteiger partial charge in [-0.25, -0.2) is 0 Å². The average molecular weight is 410 g/mol. The van der Waals surface area contributed by atoms with E-state index in [1.165, 1.54) is 0 Å². The third kappa shape index (κ3) is 7.42. The first-order valence-electron chi connectivity index (χ1n) is 7.40. The van der Waals surface area contributed by atoms with Crippen molar-refractivity contribution in [1.29, 1.82) is 0 Å². The number of rotatable bonds is 15. The van der Waals surface area contributed by atoms with Crippen LogP contribution in [-0.2, 0) is 0 Å². The van der Waals surface area contributed by atoms with Gasteiger partial charge in [0.1, 0.15) is 0 Å². The van der Waals surface area contributed by atoms with E-state index in [1.807, 2.05) is 36.5 Å². The summed E-state index contributed by atoms with van der Waals surface area (Å²) in [5, 5.41) is 0. The van der Waals surface area contributed by atoms with Crippen LogP contribution in [0.15, 0.2) is 75.9 Å². The van der Waals surface area contributed by atoms with E-state index in [4.69, 9.17) is 0 Å². The monoisotopic (exact) mass is 409 g/mol. The molecular formula is C18H30N3Sb. The van der Waals surface area contributed by atoms with Crippen LogP contribution >= 0.6 is 0 Å². The molecule has 0 unspecified atom stereocenters. The maximum absolute atomic E-state index is 3.90. The van der Waals surface area contributed by atoms with Crippen molar-refractivity contribution < 1.29 is 0 Å². The Hall–Kier alpha value is -0.862. The van der Waals surface area contributed by atoms with Crippen molar-refractivity contribution in [2.45, 2.75) is 0 Å². The minimum atomic E-state index is -2.15. The molecule has 0 heterocycles. The van der Waals surface area contributed by atoms with Crippen LogP contribution in [0.5, 0.6) is 0 Å². The van der Waals surface area contributed by atoms with E-state index in [-0.39, 0.29) is 0 Å². The van der Waals surface area contributed by atoms with Crippen molar-refractivity contribution >= 4 is 21.0 Å². The van der Waals surface area contributed by atoms with Gasteiger partial charge in [0.2, 0.25) is 0 Å². The van der Waals surface area contributed by atoms with Crippen molar-refractivity contribution in [2.75, 3.05) is 39.3 Å². The minimum absolute atomic E-state index is 0.852. The average Bonchev–Trinajstić information content (AvgIpc) is 2.49. The summed E-state index contributed by atoms with van der Waals surface area (Å²) in [5.41, 5.74) is 0. The van der Waals surface area contributed by atoms with Crippen LogP contribution in [0.1, 0.15) is 0 Å². The van der Waals surface area contributed by atoms with E-state index in [0.717, 1.165) is 39.3 Å². The number of hydrogen-bond donors (Lipinski definition) is 0. The summed E-state index contributed by atoms with van der Waals surface area (Å²) in [4.78, 5) is 0. The molecule has 0 aliphatic rings. The normalized spacial score (nSPS) is 10.9. The molecule has 22 heavy (non-hydrogen) atoms. The third-order valence-corrected chi connectivity index (χ3v) is 9.93. The van der Waals surface area contributed by atoms with Crippen LogP contribution in [0.2, 0.25) is 0 Å². The third-order valence-electron chi connectivity index (χ3n) is 2.80. The maximum atomic E-state index is 3.90. The van der Waals surface area contributed by atoms with Gasteiger partial charge >= 0.3 is 145 Å². The van der Waals surface area contributed by atoms with Gasteiger partial charge in [0.15, 0.2) is 0 Å². The fraction of sp³-hybridized carbons (Fsp3) is 0.333. The Kier molecular flexibility index (Phi) is 13.2. The van der Waals surface area contributed by atoms with Crippen LogP contribution < -0.4 is 0 Å². The zero-order valence-electron chi connectivity index (χ0n) is 13.7. The predicted octanol–water partition coefficient (Wildman–Crippen LogP) is 2.99. The standard InChI is InChI=1S/3C6H10N.Sb/c3*1-3-5-7-6-4-2;/h3*3-4H,1-2,5-6H2;/q3*-1;+3. The van der Waals surface area contributed by atoms with Gasteiger partial charge in [-0.15, -0.1) is 0 Å². The van der Waals surface area contributed by atoms with E-state index < -0.39 is 21.0 Å². The zero-order chi connectivity index (χ0) is 16.8. The Labute approximate surface area is 145 Å². The molecule has 0 aromatic rings. The van der Waals surface area contributed by atoms with Crippen molar-refractivity contribution in [1.82, 2.24) is 9.18 Å². The van der Waals surface area contributed by atoms with Crippen molar-refractivity contribution in [3.8, 4) is 0 Å². The molecule has 0 atom stereocenters. The Bertz CT molecular complexity index is 291. The first-order valence-corrected chi connectivity index (χ1v) is 10.8. The predicted molar refractivity (Wildman–Crippen MR) is 102 cm³/mol. The van der Waals surface area contributed by atoms with Crippen LogP contribution in [0.3, 0.4) is 0 Å². The van der Waals surface area contributed by atoms with Crippen LogP contribution in [0, 0.1) is 0 Å². The second-order valence-corrected chi connectivity index (χ2v) is 11.0. The summed E-state index contributed by atoms with van der Waals surface area (Å²) in [7, 11) is 0.